The van der Waals surface area contributed by atoms with Crippen LogP contribution in [0.2, 0.25) is 0 Å². The maximum absolute atomic E-state index is 6.39. The molecule has 0 N–H and O–H groups in total. The quantitative estimate of drug-likeness (QED) is 0.372. The second kappa shape index (κ2) is 7.72. The van der Waals surface area contributed by atoms with Crippen LogP contribution in [0.1, 0.15) is 89.9 Å². The standard InChI is InChI=1S/C18H31Cl2P/c19-18(20)13-11-17(12-14-18)21(15-7-3-1-4-8-15)16-9-5-2-6-10-16/h15-17H,1-14H2. The summed E-state index contributed by atoms with van der Waals surface area (Å²) >= 11 is 12.8. The summed E-state index contributed by atoms with van der Waals surface area (Å²) in [6, 6.07) is 0. The fraction of sp³-hybridized carbons (Fsp3) is 1.00. The summed E-state index contributed by atoms with van der Waals surface area (Å²) < 4.78 is -0.406. The van der Waals surface area contributed by atoms with Crippen LogP contribution in [-0.4, -0.2) is 21.3 Å². The molecule has 0 atom stereocenters. The third kappa shape index (κ3) is 4.51. The zero-order chi connectivity index (χ0) is 14.7. The van der Waals surface area contributed by atoms with E-state index in [9.17, 15) is 0 Å². The Hall–Kier alpha value is 1.01. The first-order valence-corrected chi connectivity index (χ1v) is 11.6. The summed E-state index contributed by atoms with van der Waals surface area (Å²) in [6.45, 7) is 0. The topological polar surface area (TPSA) is 0 Å². The van der Waals surface area contributed by atoms with Crippen molar-refractivity contribution in [3.63, 3.8) is 0 Å². The highest BCUT2D eigenvalue weighted by atomic mass is 35.5. The van der Waals surface area contributed by atoms with Gasteiger partial charge in [0.15, 0.2) is 0 Å². The molecule has 3 aliphatic rings. The molecule has 3 fully saturated rings. The van der Waals surface area contributed by atoms with Crippen LogP contribution in [-0.2, 0) is 0 Å². The van der Waals surface area contributed by atoms with Gasteiger partial charge in [-0.2, -0.15) is 0 Å². The molecular weight excluding hydrogens is 318 g/mol. The zero-order valence-electron chi connectivity index (χ0n) is 13.3. The van der Waals surface area contributed by atoms with E-state index in [1.54, 1.807) is 0 Å². The van der Waals surface area contributed by atoms with E-state index in [-0.39, 0.29) is 7.92 Å². The lowest BCUT2D eigenvalue weighted by atomic mass is 9.98. The Morgan fingerprint density at radius 2 is 0.952 bits per heavy atom. The fourth-order valence-corrected chi connectivity index (χ4v) is 9.98. The van der Waals surface area contributed by atoms with Gasteiger partial charge in [-0.1, -0.05) is 46.4 Å². The molecule has 0 saturated heterocycles. The summed E-state index contributed by atoms with van der Waals surface area (Å²) in [7, 11) is 0.226. The highest BCUT2D eigenvalue weighted by Crippen LogP contribution is 2.62. The van der Waals surface area contributed by atoms with E-state index in [2.05, 4.69) is 0 Å². The van der Waals surface area contributed by atoms with Gasteiger partial charge in [0.05, 0.1) is 0 Å². The van der Waals surface area contributed by atoms with Crippen LogP contribution in [0.15, 0.2) is 0 Å². The smallest absolute Gasteiger partial charge is 0.102 e. The van der Waals surface area contributed by atoms with E-state index < -0.39 is 4.33 Å². The SMILES string of the molecule is ClC1(Cl)CCC(P(C2CCCCC2)C2CCCCC2)CC1. The van der Waals surface area contributed by atoms with Crippen molar-refractivity contribution in [2.45, 2.75) is 111 Å². The Bertz CT molecular complexity index is 291. The summed E-state index contributed by atoms with van der Waals surface area (Å²) in [4.78, 5) is 0. The second-order valence-corrected chi connectivity index (χ2v) is 12.3. The molecule has 0 radical (unpaired) electrons. The Labute approximate surface area is 142 Å². The number of halogens is 2. The van der Waals surface area contributed by atoms with Crippen LogP contribution >= 0.6 is 31.1 Å². The van der Waals surface area contributed by atoms with E-state index in [0.717, 1.165) is 29.8 Å². The average Bonchev–Trinajstić information content (AvgIpc) is 2.51. The van der Waals surface area contributed by atoms with Crippen LogP contribution in [0, 0.1) is 0 Å². The van der Waals surface area contributed by atoms with E-state index in [4.69, 9.17) is 23.2 Å². The Kier molecular flexibility index (Phi) is 6.20. The minimum absolute atomic E-state index is 0.226. The molecular formula is C18H31Cl2P. The van der Waals surface area contributed by atoms with Gasteiger partial charge >= 0.3 is 0 Å². The molecule has 0 aliphatic heterocycles. The van der Waals surface area contributed by atoms with Gasteiger partial charge in [0.2, 0.25) is 0 Å². The lowest BCUT2D eigenvalue weighted by Crippen LogP contribution is -2.32. The molecule has 0 amide bonds. The molecule has 3 saturated carbocycles. The number of hydrogen-bond acceptors (Lipinski definition) is 0. The first-order chi connectivity index (χ1) is 10.2. The van der Waals surface area contributed by atoms with Crippen molar-refractivity contribution in [2.75, 3.05) is 0 Å². The van der Waals surface area contributed by atoms with Gasteiger partial charge in [-0.05, 0) is 68.3 Å². The molecule has 122 valence electrons. The molecule has 0 bridgehead atoms. The van der Waals surface area contributed by atoms with Gasteiger partial charge in [-0.25, -0.2) is 0 Å². The maximum atomic E-state index is 6.39. The average molecular weight is 349 g/mol. The van der Waals surface area contributed by atoms with Crippen molar-refractivity contribution in [2.24, 2.45) is 0 Å². The third-order valence-corrected chi connectivity index (χ3v) is 10.9. The van der Waals surface area contributed by atoms with E-state index >= 15 is 0 Å². The minimum Gasteiger partial charge on any atom is -0.102 e. The van der Waals surface area contributed by atoms with Gasteiger partial charge < -0.3 is 0 Å². The first kappa shape index (κ1) is 16.9. The molecule has 0 spiro atoms. The lowest BCUT2D eigenvalue weighted by molar-refractivity contribution is 0.451. The molecule has 0 aromatic rings. The van der Waals surface area contributed by atoms with Crippen molar-refractivity contribution >= 4 is 31.1 Å². The molecule has 0 unspecified atom stereocenters. The molecule has 3 rings (SSSR count). The second-order valence-electron chi connectivity index (χ2n) is 7.62. The highest BCUT2D eigenvalue weighted by molar-refractivity contribution is 7.60. The Balaban J connectivity index is 1.68. The van der Waals surface area contributed by atoms with E-state index in [1.807, 2.05) is 0 Å². The Morgan fingerprint density at radius 1 is 0.571 bits per heavy atom. The molecule has 0 heterocycles. The van der Waals surface area contributed by atoms with Gasteiger partial charge in [-0.3, -0.25) is 0 Å². The van der Waals surface area contributed by atoms with Gasteiger partial charge in [0, 0.05) is 0 Å². The number of rotatable bonds is 3. The van der Waals surface area contributed by atoms with Crippen molar-refractivity contribution in [3.05, 3.63) is 0 Å². The largest absolute Gasteiger partial charge is 0.118 e. The molecule has 0 nitrogen and oxygen atoms in total. The zero-order valence-corrected chi connectivity index (χ0v) is 15.7. The van der Waals surface area contributed by atoms with Crippen LogP contribution in [0.3, 0.4) is 0 Å². The Morgan fingerprint density at radius 3 is 1.38 bits per heavy atom. The van der Waals surface area contributed by atoms with E-state index in [1.165, 1.54) is 77.0 Å². The molecule has 0 aromatic heterocycles. The van der Waals surface area contributed by atoms with Crippen molar-refractivity contribution in [1.29, 1.82) is 0 Å². The maximum Gasteiger partial charge on any atom is 0.118 e. The summed E-state index contributed by atoms with van der Waals surface area (Å²) in [6.07, 6.45) is 19.8. The predicted octanol–water partition coefficient (Wildman–Crippen LogP) is 7.25. The van der Waals surface area contributed by atoms with Crippen LogP contribution in [0.25, 0.3) is 0 Å². The third-order valence-electron chi connectivity index (χ3n) is 6.10. The number of hydrogen-bond donors (Lipinski definition) is 0. The molecule has 3 aliphatic carbocycles. The normalized spacial score (nSPS) is 29.9. The van der Waals surface area contributed by atoms with Crippen LogP contribution < -0.4 is 0 Å². The van der Waals surface area contributed by atoms with Gasteiger partial charge in [-0.15, -0.1) is 23.2 Å². The summed E-state index contributed by atoms with van der Waals surface area (Å²) in [5.41, 5.74) is 3.15. The molecule has 3 heteroatoms. The molecule has 21 heavy (non-hydrogen) atoms. The summed E-state index contributed by atoms with van der Waals surface area (Å²) in [5, 5.41) is 0. The predicted molar refractivity (Wildman–Crippen MR) is 97.4 cm³/mol. The van der Waals surface area contributed by atoms with Gasteiger partial charge in [0.25, 0.3) is 0 Å². The van der Waals surface area contributed by atoms with Crippen molar-refractivity contribution in [1.82, 2.24) is 0 Å². The number of alkyl halides is 2. The molecule has 0 aromatic carbocycles. The monoisotopic (exact) mass is 348 g/mol. The van der Waals surface area contributed by atoms with Crippen molar-refractivity contribution < 1.29 is 0 Å². The highest BCUT2D eigenvalue weighted by Gasteiger charge is 2.40. The summed E-state index contributed by atoms with van der Waals surface area (Å²) in [5.74, 6) is 0. The van der Waals surface area contributed by atoms with Crippen LogP contribution in [0.4, 0.5) is 0 Å². The van der Waals surface area contributed by atoms with Crippen molar-refractivity contribution in [3.8, 4) is 0 Å². The first-order valence-electron chi connectivity index (χ1n) is 9.31. The lowest BCUT2D eigenvalue weighted by Gasteiger charge is -2.45. The van der Waals surface area contributed by atoms with E-state index in [0.29, 0.717) is 0 Å². The van der Waals surface area contributed by atoms with Crippen LogP contribution in [0.5, 0.6) is 0 Å². The fourth-order valence-electron chi connectivity index (χ4n) is 4.98. The van der Waals surface area contributed by atoms with Gasteiger partial charge in [0.1, 0.15) is 4.33 Å². The minimum atomic E-state index is -0.406.